The predicted molar refractivity (Wildman–Crippen MR) is 201 cm³/mol. The quantitative estimate of drug-likeness (QED) is 0.226. The fourth-order valence-corrected chi connectivity index (χ4v) is 7.16. The molecule has 3 aromatic heterocycles. The van der Waals surface area contributed by atoms with Crippen molar-refractivity contribution >= 4 is 61.3 Å². The number of hydrogen-bond donors (Lipinski definition) is 2. The molecule has 2 fully saturated rings. The number of anilines is 6. The van der Waals surface area contributed by atoms with Crippen LogP contribution in [0, 0.1) is 0 Å². The Labute approximate surface area is 294 Å². The maximum Gasteiger partial charge on any atom is 0.239 e. The lowest BCUT2D eigenvalue weighted by Crippen LogP contribution is -2.52. The van der Waals surface area contributed by atoms with Crippen LogP contribution in [0.25, 0.3) is 16.6 Å². The number of nitrogens with zero attached hydrogens (tertiary/aromatic N) is 9. The largest absolute Gasteiger partial charge is 0.479 e. The number of hydrogen-bond acceptors (Lipinski definition) is 13. The summed E-state index contributed by atoms with van der Waals surface area (Å²) in [5.41, 5.74) is 4.96. The highest BCUT2D eigenvalue weighted by molar-refractivity contribution is 7.92. The van der Waals surface area contributed by atoms with E-state index in [0.29, 0.717) is 57.3 Å². The van der Waals surface area contributed by atoms with Crippen LogP contribution in [0.1, 0.15) is 37.8 Å². The van der Waals surface area contributed by atoms with Crippen LogP contribution < -0.4 is 24.6 Å². The summed E-state index contributed by atoms with van der Waals surface area (Å²) in [6.45, 7) is 14.5. The van der Waals surface area contributed by atoms with Crippen molar-refractivity contribution in [3.05, 3.63) is 54.5 Å². The average molecular weight is 702 g/mol. The zero-order valence-corrected chi connectivity index (χ0v) is 30.6. The van der Waals surface area contributed by atoms with Gasteiger partial charge in [0.2, 0.25) is 21.9 Å². The Bertz CT molecular complexity index is 1970. The van der Waals surface area contributed by atoms with E-state index in [2.05, 4.69) is 66.9 Å². The van der Waals surface area contributed by atoms with Gasteiger partial charge in [-0.15, -0.1) is 0 Å². The first-order chi connectivity index (χ1) is 24.0. The Morgan fingerprint density at radius 2 is 1.74 bits per heavy atom. The van der Waals surface area contributed by atoms with E-state index in [-0.39, 0.29) is 0 Å². The highest BCUT2D eigenvalue weighted by Gasteiger charge is 2.29. The molecule has 4 aromatic rings. The van der Waals surface area contributed by atoms with E-state index in [1.165, 1.54) is 17.5 Å². The number of aryl methyl sites for hydroxylation is 1. The van der Waals surface area contributed by atoms with Crippen LogP contribution in [0.3, 0.4) is 0 Å². The first-order valence-electron chi connectivity index (χ1n) is 17.0. The minimum absolute atomic E-state index is 0.305. The molecule has 15 heteroatoms. The molecule has 0 aliphatic carbocycles. The van der Waals surface area contributed by atoms with Gasteiger partial charge in [0.25, 0.3) is 0 Å². The summed E-state index contributed by atoms with van der Waals surface area (Å²) in [5, 5.41) is 6.67. The third-order valence-electron chi connectivity index (χ3n) is 9.61. The van der Waals surface area contributed by atoms with Gasteiger partial charge in [-0.1, -0.05) is 13.5 Å². The molecule has 1 aromatic carbocycles. The van der Waals surface area contributed by atoms with Crippen LogP contribution in [0.4, 0.5) is 34.6 Å². The van der Waals surface area contributed by atoms with Gasteiger partial charge in [-0.05, 0) is 62.6 Å². The highest BCUT2D eigenvalue weighted by atomic mass is 32.2. The monoisotopic (exact) mass is 701 g/mol. The number of ether oxygens (including phenoxy) is 1. The predicted octanol–water partition coefficient (Wildman–Crippen LogP) is 4.52. The summed E-state index contributed by atoms with van der Waals surface area (Å²) in [4.78, 5) is 30.7. The Balaban J connectivity index is 1.28. The van der Waals surface area contributed by atoms with E-state index in [1.54, 1.807) is 31.6 Å². The highest BCUT2D eigenvalue weighted by Crippen LogP contribution is 2.38. The van der Waals surface area contributed by atoms with Gasteiger partial charge in [-0.2, -0.15) is 9.97 Å². The number of benzene rings is 1. The van der Waals surface area contributed by atoms with Crippen LogP contribution in [0.2, 0.25) is 0 Å². The number of aromatic nitrogens is 5. The van der Waals surface area contributed by atoms with Gasteiger partial charge in [-0.25, -0.2) is 13.4 Å². The molecule has 0 spiro atoms. The zero-order valence-electron chi connectivity index (χ0n) is 29.8. The van der Waals surface area contributed by atoms with E-state index < -0.39 is 10.0 Å². The minimum atomic E-state index is -3.64. The molecule has 6 rings (SSSR count). The van der Waals surface area contributed by atoms with Crippen molar-refractivity contribution in [3.63, 3.8) is 0 Å². The number of allylic oxidation sites excluding steroid dienone is 1. The van der Waals surface area contributed by atoms with Gasteiger partial charge >= 0.3 is 0 Å². The third kappa shape index (κ3) is 7.44. The Morgan fingerprint density at radius 3 is 2.40 bits per heavy atom. The molecule has 5 heterocycles. The number of nitrogens with one attached hydrogen (secondary N) is 2. The molecule has 0 saturated carbocycles. The van der Waals surface area contributed by atoms with Crippen LogP contribution in [-0.4, -0.2) is 116 Å². The first kappa shape index (κ1) is 35.2. The summed E-state index contributed by atoms with van der Waals surface area (Å²) >= 11 is 0. The molecule has 0 bridgehead atoms. The number of fused-ring (bicyclic) bond motifs is 1. The van der Waals surface area contributed by atoms with Crippen molar-refractivity contribution in [2.24, 2.45) is 0 Å². The second-order valence-corrected chi connectivity index (χ2v) is 15.1. The van der Waals surface area contributed by atoms with Gasteiger partial charge < -0.3 is 25.2 Å². The summed E-state index contributed by atoms with van der Waals surface area (Å²) in [6.07, 6.45) is 8.95. The standard InChI is InChI=1S/C35H47N11O3S/c1-8-24-21-29(34(49-6)42-33(24)46-15-11-25(12-16-46)45-19-17-43(4)18-20-45)40-35-38-22-26(23(2)3)32(41-35)39-28-10-9-27-30(37-14-13-36-27)31(28)44(5)50(7,47)48/h9-10,13-14,21-22,25H,2,8,11-12,15-20H2,1,3-7H3,(H2,38,39,40,41). The van der Waals surface area contributed by atoms with Crippen LogP contribution >= 0.6 is 0 Å². The topological polar surface area (TPSA) is 145 Å². The smallest absolute Gasteiger partial charge is 0.239 e. The third-order valence-corrected chi connectivity index (χ3v) is 10.8. The van der Waals surface area contributed by atoms with Crippen molar-refractivity contribution < 1.29 is 13.2 Å². The zero-order chi connectivity index (χ0) is 35.6. The Hall–Kier alpha value is -4.60. The lowest BCUT2D eigenvalue weighted by Gasteiger charge is -2.42. The van der Waals surface area contributed by atoms with E-state index in [9.17, 15) is 8.42 Å². The number of sulfonamides is 1. The molecule has 0 radical (unpaired) electrons. The maximum absolute atomic E-state index is 12.7. The molecular weight excluding hydrogens is 655 g/mol. The lowest BCUT2D eigenvalue weighted by molar-refractivity contribution is 0.0981. The number of piperazine rings is 1. The van der Waals surface area contributed by atoms with E-state index in [1.807, 2.05) is 6.92 Å². The molecule has 2 N–H and O–H groups in total. The maximum atomic E-state index is 12.7. The molecule has 0 unspecified atom stereocenters. The fraction of sp³-hybridized carbons (Fsp3) is 0.457. The fourth-order valence-electron chi connectivity index (χ4n) is 6.64. The molecule has 14 nitrogen and oxygen atoms in total. The normalized spacial score (nSPS) is 16.4. The van der Waals surface area contributed by atoms with Crippen LogP contribution in [0.5, 0.6) is 5.88 Å². The molecule has 0 amide bonds. The van der Waals surface area contributed by atoms with E-state index in [4.69, 9.17) is 14.7 Å². The van der Waals surface area contributed by atoms with Gasteiger partial charge in [0.05, 0.1) is 24.6 Å². The second-order valence-electron chi connectivity index (χ2n) is 13.0. The van der Waals surface area contributed by atoms with Crippen LogP contribution in [0.15, 0.2) is 43.4 Å². The van der Waals surface area contributed by atoms with Crippen LogP contribution in [-0.2, 0) is 16.4 Å². The number of pyridine rings is 1. The average Bonchev–Trinajstić information content (AvgIpc) is 3.11. The summed E-state index contributed by atoms with van der Waals surface area (Å²) in [7, 11) is 1.66. The molecule has 0 atom stereocenters. The minimum Gasteiger partial charge on any atom is -0.479 e. The Morgan fingerprint density at radius 1 is 1.02 bits per heavy atom. The summed E-state index contributed by atoms with van der Waals surface area (Å²) < 4.78 is 32.4. The van der Waals surface area contributed by atoms with E-state index >= 15 is 0 Å². The first-order valence-corrected chi connectivity index (χ1v) is 18.8. The lowest BCUT2D eigenvalue weighted by atomic mass is 10.0. The van der Waals surface area contributed by atoms with Gasteiger partial charge in [-0.3, -0.25) is 19.2 Å². The molecule has 2 aliphatic heterocycles. The van der Waals surface area contributed by atoms with Gasteiger partial charge in [0.15, 0.2) is 0 Å². The molecule has 2 saturated heterocycles. The van der Waals surface area contributed by atoms with Crippen molar-refractivity contribution in [2.45, 2.75) is 39.2 Å². The van der Waals surface area contributed by atoms with Crippen molar-refractivity contribution in [2.75, 3.05) is 86.6 Å². The molecule has 50 heavy (non-hydrogen) atoms. The SMILES string of the molecule is C=C(C)c1cnc(Nc2cc(CC)c(N3CCC(N4CCN(C)CC4)CC3)nc2OC)nc1Nc1ccc2nccnc2c1N(C)S(C)(=O)=O. The summed E-state index contributed by atoms with van der Waals surface area (Å²) in [6, 6.07) is 6.22. The molecule has 2 aliphatic rings. The number of methoxy groups -OCH3 is 1. The van der Waals surface area contributed by atoms with Crippen molar-refractivity contribution in [1.29, 1.82) is 0 Å². The summed E-state index contributed by atoms with van der Waals surface area (Å²) in [5.74, 6) is 2.14. The number of likely N-dealkylation sites (N-methyl/N-ethyl adjacent to an activating group) is 1. The molecule has 266 valence electrons. The Kier molecular flexibility index (Phi) is 10.4. The number of rotatable bonds is 11. The van der Waals surface area contributed by atoms with Crippen molar-refractivity contribution in [3.8, 4) is 5.88 Å². The van der Waals surface area contributed by atoms with Gasteiger partial charge in [0, 0.05) is 76.5 Å². The van der Waals surface area contributed by atoms with Crippen molar-refractivity contribution in [1.82, 2.24) is 34.7 Å². The molecular formula is C35H47N11O3S. The van der Waals surface area contributed by atoms with E-state index in [0.717, 1.165) is 81.7 Å². The van der Waals surface area contributed by atoms with Gasteiger partial charge in [0.1, 0.15) is 28.5 Å². The number of piperidine rings is 1. The second kappa shape index (κ2) is 14.7.